The SMILES string of the molecule is O=C1CCCN1c1nc(CC(=O)N2CCSc3ccccc32)cs1. The van der Waals surface area contributed by atoms with Crippen LogP contribution in [0.25, 0.3) is 0 Å². The van der Waals surface area contributed by atoms with E-state index < -0.39 is 0 Å². The molecule has 1 aromatic carbocycles. The van der Waals surface area contributed by atoms with Gasteiger partial charge < -0.3 is 4.90 Å². The molecule has 0 saturated carbocycles. The first-order valence-electron chi connectivity index (χ1n) is 7.99. The second kappa shape index (κ2) is 6.57. The molecule has 5 nitrogen and oxygen atoms in total. The Morgan fingerprint density at radius 1 is 1.25 bits per heavy atom. The molecule has 24 heavy (non-hydrogen) atoms. The maximum Gasteiger partial charge on any atom is 0.233 e. The maximum atomic E-state index is 12.7. The van der Waals surface area contributed by atoms with E-state index in [2.05, 4.69) is 11.1 Å². The molecule has 2 aromatic rings. The van der Waals surface area contributed by atoms with Crippen LogP contribution in [0, 0.1) is 0 Å². The van der Waals surface area contributed by atoms with Gasteiger partial charge >= 0.3 is 0 Å². The summed E-state index contributed by atoms with van der Waals surface area (Å²) in [5.74, 6) is 1.10. The summed E-state index contributed by atoms with van der Waals surface area (Å²) in [6, 6.07) is 8.01. The summed E-state index contributed by atoms with van der Waals surface area (Å²) in [4.78, 5) is 33.8. The van der Waals surface area contributed by atoms with E-state index >= 15 is 0 Å². The fraction of sp³-hybridized carbons (Fsp3) is 0.353. The van der Waals surface area contributed by atoms with Crippen molar-refractivity contribution in [3.8, 4) is 0 Å². The van der Waals surface area contributed by atoms with Crippen LogP contribution in [0.3, 0.4) is 0 Å². The molecule has 0 N–H and O–H groups in total. The van der Waals surface area contributed by atoms with Crippen molar-refractivity contribution >= 4 is 45.7 Å². The highest BCUT2D eigenvalue weighted by Gasteiger charge is 2.26. The van der Waals surface area contributed by atoms with E-state index in [1.165, 1.54) is 11.3 Å². The van der Waals surface area contributed by atoms with Crippen LogP contribution in [0.15, 0.2) is 34.5 Å². The van der Waals surface area contributed by atoms with Crippen LogP contribution in [-0.2, 0) is 16.0 Å². The zero-order valence-corrected chi connectivity index (χ0v) is 14.7. The van der Waals surface area contributed by atoms with Crippen molar-refractivity contribution in [1.29, 1.82) is 0 Å². The number of para-hydroxylation sites is 1. The number of carbonyl (C=O) groups is 2. The molecule has 0 radical (unpaired) electrons. The predicted molar refractivity (Wildman–Crippen MR) is 96.9 cm³/mol. The summed E-state index contributed by atoms with van der Waals surface area (Å²) in [7, 11) is 0. The summed E-state index contributed by atoms with van der Waals surface area (Å²) in [6.07, 6.45) is 1.75. The van der Waals surface area contributed by atoms with Gasteiger partial charge in [0.15, 0.2) is 5.13 Å². The Bertz CT molecular complexity index is 790. The van der Waals surface area contributed by atoms with Crippen molar-refractivity contribution in [2.45, 2.75) is 24.2 Å². The normalized spacial score (nSPS) is 17.2. The van der Waals surface area contributed by atoms with Crippen molar-refractivity contribution < 1.29 is 9.59 Å². The first-order chi connectivity index (χ1) is 11.7. The number of thiazole rings is 1. The number of amides is 2. The van der Waals surface area contributed by atoms with E-state index in [1.54, 1.807) is 16.7 Å². The molecule has 1 aromatic heterocycles. The van der Waals surface area contributed by atoms with Crippen LogP contribution < -0.4 is 9.80 Å². The van der Waals surface area contributed by atoms with Crippen LogP contribution in [0.5, 0.6) is 0 Å². The number of hydrogen-bond donors (Lipinski definition) is 0. The Morgan fingerprint density at radius 3 is 2.96 bits per heavy atom. The second-order valence-corrected chi connectivity index (χ2v) is 7.78. The molecule has 0 bridgehead atoms. The van der Waals surface area contributed by atoms with Crippen molar-refractivity contribution in [1.82, 2.24) is 4.98 Å². The average Bonchev–Trinajstić information content (AvgIpc) is 3.23. The minimum Gasteiger partial charge on any atom is -0.310 e. The van der Waals surface area contributed by atoms with Gasteiger partial charge in [0.25, 0.3) is 0 Å². The van der Waals surface area contributed by atoms with Gasteiger partial charge in [-0.3, -0.25) is 14.5 Å². The van der Waals surface area contributed by atoms with Gasteiger partial charge in [-0.05, 0) is 18.6 Å². The number of thioether (sulfide) groups is 1. The third kappa shape index (κ3) is 2.93. The van der Waals surface area contributed by atoms with E-state index in [1.807, 2.05) is 28.5 Å². The van der Waals surface area contributed by atoms with Gasteiger partial charge in [-0.2, -0.15) is 0 Å². The molecule has 3 heterocycles. The van der Waals surface area contributed by atoms with Crippen LogP contribution in [0.2, 0.25) is 0 Å². The highest BCUT2D eigenvalue weighted by molar-refractivity contribution is 7.99. The quantitative estimate of drug-likeness (QED) is 0.845. The van der Waals surface area contributed by atoms with Crippen molar-refractivity contribution in [2.24, 2.45) is 0 Å². The monoisotopic (exact) mass is 359 g/mol. The molecule has 1 saturated heterocycles. The molecule has 1 fully saturated rings. The van der Waals surface area contributed by atoms with E-state index in [0.717, 1.165) is 46.7 Å². The third-order valence-electron chi connectivity index (χ3n) is 4.21. The number of aromatic nitrogens is 1. The molecule has 2 aliphatic rings. The van der Waals surface area contributed by atoms with Crippen LogP contribution >= 0.6 is 23.1 Å². The summed E-state index contributed by atoms with van der Waals surface area (Å²) < 4.78 is 0. The molecule has 4 rings (SSSR count). The van der Waals surface area contributed by atoms with Gasteiger partial charge in [-0.25, -0.2) is 4.98 Å². The molecule has 7 heteroatoms. The van der Waals surface area contributed by atoms with E-state index in [4.69, 9.17) is 0 Å². The Balaban J connectivity index is 1.49. The molecular formula is C17H17N3O2S2. The van der Waals surface area contributed by atoms with Gasteiger partial charge in [0.1, 0.15) is 0 Å². The molecular weight excluding hydrogens is 342 g/mol. The van der Waals surface area contributed by atoms with Crippen molar-refractivity contribution in [2.75, 3.05) is 28.6 Å². The van der Waals surface area contributed by atoms with Crippen molar-refractivity contribution in [3.05, 3.63) is 35.3 Å². The lowest BCUT2D eigenvalue weighted by atomic mass is 10.2. The summed E-state index contributed by atoms with van der Waals surface area (Å²) in [6.45, 7) is 1.46. The van der Waals surface area contributed by atoms with Gasteiger partial charge in [0.2, 0.25) is 11.8 Å². The van der Waals surface area contributed by atoms with Crippen LogP contribution in [-0.4, -0.2) is 35.6 Å². The molecule has 2 aliphatic heterocycles. The van der Waals surface area contributed by atoms with Gasteiger partial charge in [0, 0.05) is 35.5 Å². The smallest absolute Gasteiger partial charge is 0.233 e. The molecule has 0 spiro atoms. The largest absolute Gasteiger partial charge is 0.310 e. The summed E-state index contributed by atoms with van der Waals surface area (Å²) in [5.41, 5.74) is 1.74. The zero-order chi connectivity index (χ0) is 16.5. The van der Waals surface area contributed by atoms with Crippen LogP contribution in [0.4, 0.5) is 10.8 Å². The second-order valence-electron chi connectivity index (χ2n) is 5.81. The van der Waals surface area contributed by atoms with Gasteiger partial charge in [-0.1, -0.05) is 12.1 Å². The minimum atomic E-state index is 0.0624. The Labute approximate surface area is 148 Å². The summed E-state index contributed by atoms with van der Waals surface area (Å²) in [5, 5.41) is 2.61. The molecule has 2 amide bonds. The number of fused-ring (bicyclic) bond motifs is 1. The number of nitrogens with zero attached hydrogens (tertiary/aromatic N) is 3. The van der Waals surface area contributed by atoms with E-state index in [9.17, 15) is 9.59 Å². The lowest BCUT2D eigenvalue weighted by Crippen LogP contribution is -2.36. The first kappa shape index (κ1) is 15.7. The molecule has 0 atom stereocenters. The summed E-state index contributed by atoms with van der Waals surface area (Å²) >= 11 is 3.23. The molecule has 124 valence electrons. The van der Waals surface area contributed by atoms with Gasteiger partial charge in [-0.15, -0.1) is 23.1 Å². The topological polar surface area (TPSA) is 53.5 Å². The third-order valence-corrected chi connectivity index (χ3v) is 6.16. The number of carbonyl (C=O) groups excluding carboxylic acids is 2. The molecule has 0 aliphatic carbocycles. The van der Waals surface area contributed by atoms with Gasteiger partial charge in [0.05, 0.1) is 17.8 Å². The first-order valence-corrected chi connectivity index (χ1v) is 9.86. The fourth-order valence-electron chi connectivity index (χ4n) is 3.03. The molecule has 0 unspecified atom stereocenters. The van der Waals surface area contributed by atoms with Crippen molar-refractivity contribution in [3.63, 3.8) is 0 Å². The lowest BCUT2D eigenvalue weighted by Gasteiger charge is -2.28. The number of anilines is 2. The minimum absolute atomic E-state index is 0.0624. The van der Waals surface area contributed by atoms with E-state index in [0.29, 0.717) is 6.42 Å². The Hall–Kier alpha value is -1.86. The number of hydrogen-bond acceptors (Lipinski definition) is 5. The average molecular weight is 359 g/mol. The standard InChI is InChI=1S/C17H17N3O2S2/c21-15-6-3-7-20(15)17-18-12(11-24-17)10-16(22)19-8-9-23-14-5-2-1-4-13(14)19/h1-2,4-5,11H,3,6-10H2. The lowest BCUT2D eigenvalue weighted by molar-refractivity contribution is -0.118. The Kier molecular flexibility index (Phi) is 4.28. The predicted octanol–water partition coefficient (Wildman–Crippen LogP) is 2.95. The van der Waals surface area contributed by atoms with E-state index in [-0.39, 0.29) is 18.2 Å². The number of benzene rings is 1. The maximum absolute atomic E-state index is 12.7. The highest BCUT2D eigenvalue weighted by Crippen LogP contribution is 2.34. The zero-order valence-electron chi connectivity index (χ0n) is 13.1. The fourth-order valence-corrected chi connectivity index (χ4v) is 4.89. The van der Waals surface area contributed by atoms with Crippen LogP contribution in [0.1, 0.15) is 18.5 Å². The number of rotatable bonds is 3. The highest BCUT2D eigenvalue weighted by atomic mass is 32.2. The Morgan fingerprint density at radius 2 is 2.12 bits per heavy atom.